The Morgan fingerprint density at radius 1 is 1.35 bits per heavy atom. The van der Waals surface area contributed by atoms with Gasteiger partial charge in [-0.1, -0.05) is 37.3 Å². The van der Waals surface area contributed by atoms with Crippen molar-refractivity contribution in [3.05, 3.63) is 35.9 Å². The third kappa shape index (κ3) is 4.15. The number of carbonyl (C=O) groups is 1. The molecule has 3 heteroatoms. The average molecular weight is 275 g/mol. The lowest BCUT2D eigenvalue weighted by Gasteiger charge is -2.38. The maximum absolute atomic E-state index is 12.1. The largest absolute Gasteiger partial charge is 0.376 e. The van der Waals surface area contributed by atoms with Gasteiger partial charge in [0.1, 0.15) is 0 Å². The molecule has 2 rings (SSSR count). The molecule has 1 aliphatic rings. The van der Waals surface area contributed by atoms with Gasteiger partial charge in [-0.15, -0.1) is 0 Å². The van der Waals surface area contributed by atoms with Crippen LogP contribution < -0.4 is 0 Å². The maximum atomic E-state index is 12.1. The Labute approximate surface area is 121 Å². The summed E-state index contributed by atoms with van der Waals surface area (Å²) in [5.74, 6) is 0.250. The van der Waals surface area contributed by atoms with Crippen LogP contribution >= 0.6 is 0 Å². The second-order valence-corrected chi connectivity index (χ2v) is 5.59. The molecular formula is C17H25NO2. The van der Waals surface area contributed by atoms with E-state index in [-0.39, 0.29) is 5.78 Å². The highest BCUT2D eigenvalue weighted by atomic mass is 16.5. The molecule has 0 saturated carbocycles. The van der Waals surface area contributed by atoms with Gasteiger partial charge < -0.3 is 4.74 Å². The van der Waals surface area contributed by atoms with Gasteiger partial charge in [-0.25, -0.2) is 0 Å². The third-order valence-corrected chi connectivity index (χ3v) is 4.00. The standard InChI is InChI=1S/C17H25NO2/c1-3-16-13-20-14(2)12-18(16)11-7-10-17(19)15-8-5-4-6-9-15/h4-6,8-9,14,16H,3,7,10-13H2,1-2H3. The molecule has 0 radical (unpaired) electrons. The van der Waals surface area contributed by atoms with Crippen molar-refractivity contribution in [3.63, 3.8) is 0 Å². The van der Waals surface area contributed by atoms with E-state index in [2.05, 4.69) is 18.7 Å². The molecule has 0 spiro atoms. The van der Waals surface area contributed by atoms with Crippen molar-refractivity contribution in [2.24, 2.45) is 0 Å². The Hall–Kier alpha value is -1.19. The molecule has 2 atom stereocenters. The highest BCUT2D eigenvalue weighted by molar-refractivity contribution is 5.95. The van der Waals surface area contributed by atoms with Gasteiger partial charge in [0.25, 0.3) is 0 Å². The summed E-state index contributed by atoms with van der Waals surface area (Å²) >= 11 is 0. The van der Waals surface area contributed by atoms with Crippen LogP contribution in [0.2, 0.25) is 0 Å². The van der Waals surface area contributed by atoms with Crippen molar-refractivity contribution in [2.75, 3.05) is 19.7 Å². The number of carbonyl (C=O) groups excluding carboxylic acids is 1. The predicted molar refractivity (Wildman–Crippen MR) is 81.1 cm³/mol. The predicted octanol–water partition coefficient (Wildman–Crippen LogP) is 3.15. The van der Waals surface area contributed by atoms with Crippen molar-refractivity contribution in [1.29, 1.82) is 0 Å². The Morgan fingerprint density at radius 3 is 2.80 bits per heavy atom. The molecule has 0 N–H and O–H groups in total. The van der Waals surface area contributed by atoms with Crippen molar-refractivity contribution >= 4 is 5.78 Å². The molecule has 0 aliphatic carbocycles. The minimum absolute atomic E-state index is 0.250. The number of rotatable bonds is 6. The van der Waals surface area contributed by atoms with Gasteiger partial charge in [0.05, 0.1) is 12.7 Å². The van der Waals surface area contributed by atoms with Crippen molar-refractivity contribution in [1.82, 2.24) is 4.90 Å². The van der Waals surface area contributed by atoms with Crippen molar-refractivity contribution < 1.29 is 9.53 Å². The number of morpholine rings is 1. The van der Waals surface area contributed by atoms with Gasteiger partial charge in [-0.3, -0.25) is 9.69 Å². The summed E-state index contributed by atoms with van der Waals surface area (Å²) in [5, 5.41) is 0. The summed E-state index contributed by atoms with van der Waals surface area (Å²) in [6.45, 7) is 7.12. The lowest BCUT2D eigenvalue weighted by atomic mass is 10.1. The molecule has 0 aromatic heterocycles. The van der Waals surface area contributed by atoms with Crippen LogP contribution in [0.5, 0.6) is 0 Å². The van der Waals surface area contributed by atoms with E-state index in [1.165, 1.54) is 0 Å². The van der Waals surface area contributed by atoms with Gasteiger partial charge in [-0.05, 0) is 26.3 Å². The van der Waals surface area contributed by atoms with E-state index in [9.17, 15) is 4.79 Å². The molecule has 1 aliphatic heterocycles. The minimum atomic E-state index is 0.250. The third-order valence-electron chi connectivity index (χ3n) is 4.00. The number of hydrogen-bond acceptors (Lipinski definition) is 3. The molecule has 1 aromatic carbocycles. The molecule has 20 heavy (non-hydrogen) atoms. The summed E-state index contributed by atoms with van der Waals surface area (Å²) in [4.78, 5) is 14.5. The first kappa shape index (κ1) is 15.2. The lowest BCUT2D eigenvalue weighted by molar-refractivity contribution is -0.0559. The zero-order valence-corrected chi connectivity index (χ0v) is 12.5. The van der Waals surface area contributed by atoms with Gasteiger partial charge in [0.2, 0.25) is 0 Å². The van der Waals surface area contributed by atoms with E-state index in [4.69, 9.17) is 4.74 Å². The number of benzene rings is 1. The molecule has 1 aromatic rings. The van der Waals surface area contributed by atoms with Crippen molar-refractivity contribution in [3.8, 4) is 0 Å². The highest BCUT2D eigenvalue weighted by Crippen LogP contribution is 2.15. The molecular weight excluding hydrogens is 250 g/mol. The normalized spacial score (nSPS) is 23.7. The summed E-state index contributed by atoms with van der Waals surface area (Å²) < 4.78 is 5.70. The SMILES string of the molecule is CCC1COC(C)CN1CCCC(=O)c1ccccc1. The number of nitrogens with zero attached hydrogens (tertiary/aromatic N) is 1. The molecule has 110 valence electrons. The summed E-state index contributed by atoms with van der Waals surface area (Å²) in [5.41, 5.74) is 0.829. The van der Waals surface area contributed by atoms with Crippen LogP contribution in [0.25, 0.3) is 0 Å². The van der Waals surface area contributed by atoms with E-state index >= 15 is 0 Å². The molecule has 2 unspecified atom stereocenters. The van der Waals surface area contributed by atoms with Crippen LogP contribution in [-0.2, 0) is 4.74 Å². The monoisotopic (exact) mass is 275 g/mol. The summed E-state index contributed by atoms with van der Waals surface area (Å²) in [6, 6.07) is 10.1. The fourth-order valence-electron chi connectivity index (χ4n) is 2.77. The van der Waals surface area contributed by atoms with E-state index in [0.717, 1.165) is 38.1 Å². The van der Waals surface area contributed by atoms with E-state index in [0.29, 0.717) is 18.6 Å². The van der Waals surface area contributed by atoms with Crippen LogP contribution in [0.3, 0.4) is 0 Å². The Balaban J connectivity index is 1.78. The molecule has 1 fully saturated rings. The number of ketones is 1. The molecule has 0 amide bonds. The van der Waals surface area contributed by atoms with Crippen LogP contribution in [0, 0.1) is 0 Å². The second-order valence-electron chi connectivity index (χ2n) is 5.59. The maximum Gasteiger partial charge on any atom is 0.162 e. The van der Waals surface area contributed by atoms with E-state index < -0.39 is 0 Å². The zero-order valence-electron chi connectivity index (χ0n) is 12.5. The number of hydrogen-bond donors (Lipinski definition) is 0. The van der Waals surface area contributed by atoms with E-state index in [1.807, 2.05) is 30.3 Å². The quantitative estimate of drug-likeness (QED) is 0.747. The van der Waals surface area contributed by atoms with Crippen LogP contribution in [0.4, 0.5) is 0 Å². The Kier molecular flexibility index (Phi) is 5.74. The highest BCUT2D eigenvalue weighted by Gasteiger charge is 2.24. The summed E-state index contributed by atoms with van der Waals surface area (Å²) in [6.07, 6.45) is 2.98. The molecule has 1 saturated heterocycles. The fourth-order valence-corrected chi connectivity index (χ4v) is 2.77. The van der Waals surface area contributed by atoms with E-state index in [1.54, 1.807) is 0 Å². The topological polar surface area (TPSA) is 29.5 Å². The van der Waals surface area contributed by atoms with Gasteiger partial charge in [-0.2, -0.15) is 0 Å². The van der Waals surface area contributed by atoms with Crippen LogP contribution in [-0.4, -0.2) is 42.5 Å². The molecule has 0 bridgehead atoms. The molecule has 3 nitrogen and oxygen atoms in total. The van der Waals surface area contributed by atoms with Gasteiger partial charge in [0, 0.05) is 24.6 Å². The van der Waals surface area contributed by atoms with Gasteiger partial charge >= 0.3 is 0 Å². The Bertz CT molecular complexity index is 418. The average Bonchev–Trinajstić information content (AvgIpc) is 2.48. The lowest BCUT2D eigenvalue weighted by Crippen LogP contribution is -2.48. The second kappa shape index (κ2) is 7.55. The van der Waals surface area contributed by atoms with Crippen LogP contribution in [0.1, 0.15) is 43.5 Å². The Morgan fingerprint density at radius 2 is 2.10 bits per heavy atom. The van der Waals surface area contributed by atoms with Gasteiger partial charge in [0.15, 0.2) is 5.78 Å². The molecule has 1 heterocycles. The minimum Gasteiger partial charge on any atom is -0.376 e. The fraction of sp³-hybridized carbons (Fsp3) is 0.588. The first-order valence-electron chi connectivity index (χ1n) is 7.64. The zero-order chi connectivity index (χ0) is 14.4. The number of Topliss-reactive ketones (excluding diaryl/α,β-unsaturated/α-hetero) is 1. The van der Waals surface area contributed by atoms with Crippen LogP contribution in [0.15, 0.2) is 30.3 Å². The first-order valence-corrected chi connectivity index (χ1v) is 7.64. The van der Waals surface area contributed by atoms with Crippen molar-refractivity contribution in [2.45, 2.75) is 45.3 Å². The number of ether oxygens (including phenoxy) is 1. The summed E-state index contributed by atoms with van der Waals surface area (Å²) in [7, 11) is 0. The smallest absolute Gasteiger partial charge is 0.162 e. The first-order chi connectivity index (χ1) is 9.70.